The standard InChI is InChI=1S/C7H10ClNO2/c1-5(8)3-4-9-6(2)7(10)11/h3,9H,2,4H2,1H3,(H,10,11)/b5-3+. The third-order valence-electron chi connectivity index (χ3n) is 0.957. The highest BCUT2D eigenvalue weighted by molar-refractivity contribution is 6.29. The van der Waals surface area contributed by atoms with Crippen LogP contribution < -0.4 is 5.32 Å². The van der Waals surface area contributed by atoms with Crippen LogP contribution in [0.15, 0.2) is 23.4 Å². The molecule has 0 amide bonds. The minimum Gasteiger partial charge on any atom is -0.477 e. The van der Waals surface area contributed by atoms with Gasteiger partial charge in [-0.05, 0) is 6.92 Å². The first-order valence-electron chi connectivity index (χ1n) is 3.02. The molecular weight excluding hydrogens is 166 g/mol. The average molecular weight is 176 g/mol. The van der Waals surface area contributed by atoms with E-state index < -0.39 is 5.97 Å². The van der Waals surface area contributed by atoms with Crippen molar-refractivity contribution < 1.29 is 9.90 Å². The van der Waals surface area contributed by atoms with E-state index in [9.17, 15) is 4.79 Å². The van der Waals surface area contributed by atoms with Crippen molar-refractivity contribution in [2.24, 2.45) is 0 Å². The Morgan fingerprint density at radius 1 is 1.82 bits per heavy atom. The van der Waals surface area contributed by atoms with Crippen molar-refractivity contribution in [1.82, 2.24) is 5.32 Å². The topological polar surface area (TPSA) is 49.3 Å². The molecule has 0 aliphatic carbocycles. The van der Waals surface area contributed by atoms with Crippen LogP contribution in [0.4, 0.5) is 0 Å². The molecule has 0 saturated carbocycles. The Labute approximate surface area is 70.4 Å². The summed E-state index contributed by atoms with van der Waals surface area (Å²) in [5.41, 5.74) is -0.0285. The third kappa shape index (κ3) is 5.48. The van der Waals surface area contributed by atoms with Gasteiger partial charge in [-0.2, -0.15) is 0 Å². The second kappa shape index (κ2) is 4.79. The zero-order valence-electron chi connectivity index (χ0n) is 6.22. The van der Waals surface area contributed by atoms with E-state index in [0.717, 1.165) is 0 Å². The summed E-state index contributed by atoms with van der Waals surface area (Å²) < 4.78 is 0. The third-order valence-corrected chi connectivity index (χ3v) is 1.11. The van der Waals surface area contributed by atoms with Crippen LogP contribution in [0.5, 0.6) is 0 Å². The quantitative estimate of drug-likeness (QED) is 0.634. The van der Waals surface area contributed by atoms with E-state index in [2.05, 4.69) is 11.9 Å². The fourth-order valence-corrected chi connectivity index (χ4v) is 0.468. The van der Waals surface area contributed by atoms with Gasteiger partial charge in [0.15, 0.2) is 0 Å². The van der Waals surface area contributed by atoms with Gasteiger partial charge in [0.2, 0.25) is 0 Å². The monoisotopic (exact) mass is 175 g/mol. The lowest BCUT2D eigenvalue weighted by molar-refractivity contribution is -0.133. The molecule has 0 aromatic carbocycles. The van der Waals surface area contributed by atoms with Gasteiger partial charge < -0.3 is 10.4 Å². The average Bonchev–Trinajstić information content (AvgIpc) is 1.86. The van der Waals surface area contributed by atoms with Gasteiger partial charge >= 0.3 is 5.97 Å². The molecule has 2 N–H and O–H groups in total. The zero-order chi connectivity index (χ0) is 8.85. The summed E-state index contributed by atoms with van der Waals surface area (Å²) in [5, 5.41) is 11.5. The van der Waals surface area contributed by atoms with Crippen molar-refractivity contribution in [3.8, 4) is 0 Å². The lowest BCUT2D eigenvalue weighted by atomic mass is 10.4. The number of carboxylic acid groups (broad SMARTS) is 1. The van der Waals surface area contributed by atoms with E-state index in [1.807, 2.05) is 0 Å². The maximum absolute atomic E-state index is 10.2. The van der Waals surface area contributed by atoms with Crippen molar-refractivity contribution in [2.75, 3.05) is 6.54 Å². The zero-order valence-corrected chi connectivity index (χ0v) is 6.98. The van der Waals surface area contributed by atoms with Crippen LogP contribution in [-0.4, -0.2) is 17.6 Å². The van der Waals surface area contributed by atoms with Crippen LogP contribution in [0.3, 0.4) is 0 Å². The summed E-state index contributed by atoms with van der Waals surface area (Å²) in [5.74, 6) is -1.05. The molecule has 0 radical (unpaired) electrons. The molecule has 3 nitrogen and oxygen atoms in total. The molecule has 0 atom stereocenters. The first kappa shape index (κ1) is 10.0. The molecule has 0 spiro atoms. The van der Waals surface area contributed by atoms with Gasteiger partial charge in [0.05, 0.1) is 0 Å². The fourth-order valence-electron chi connectivity index (χ4n) is 0.390. The highest BCUT2D eigenvalue weighted by Gasteiger charge is 1.99. The molecular formula is C7H10ClNO2. The van der Waals surface area contributed by atoms with E-state index in [1.54, 1.807) is 13.0 Å². The maximum Gasteiger partial charge on any atom is 0.351 e. The number of rotatable bonds is 4. The van der Waals surface area contributed by atoms with Crippen LogP contribution in [0.2, 0.25) is 0 Å². The molecule has 0 aliphatic heterocycles. The molecule has 0 aromatic rings. The smallest absolute Gasteiger partial charge is 0.351 e. The second-order valence-corrected chi connectivity index (χ2v) is 2.55. The molecule has 0 aromatic heterocycles. The number of allylic oxidation sites excluding steroid dienone is 1. The number of aliphatic carboxylic acids is 1. The van der Waals surface area contributed by atoms with Crippen LogP contribution in [0, 0.1) is 0 Å². The molecule has 0 bridgehead atoms. The lowest BCUT2D eigenvalue weighted by Gasteiger charge is -2.00. The summed E-state index contributed by atoms with van der Waals surface area (Å²) in [7, 11) is 0. The molecule has 0 unspecified atom stereocenters. The first-order chi connectivity index (χ1) is 5.04. The normalized spacial score (nSPS) is 10.9. The Hall–Kier alpha value is -0.960. The number of hydrogen-bond donors (Lipinski definition) is 2. The molecule has 11 heavy (non-hydrogen) atoms. The van der Waals surface area contributed by atoms with E-state index in [-0.39, 0.29) is 5.70 Å². The molecule has 0 aliphatic rings. The van der Waals surface area contributed by atoms with Crippen LogP contribution in [0.1, 0.15) is 6.92 Å². The number of halogens is 1. The number of carboxylic acids is 1. The predicted octanol–water partition coefficient (Wildman–Crippen LogP) is 1.32. The maximum atomic E-state index is 10.2. The van der Waals surface area contributed by atoms with E-state index in [1.165, 1.54) is 0 Å². The van der Waals surface area contributed by atoms with Crippen molar-refractivity contribution in [3.63, 3.8) is 0 Å². The summed E-state index contributed by atoms with van der Waals surface area (Å²) in [6.07, 6.45) is 1.66. The predicted molar refractivity (Wildman–Crippen MR) is 44.4 cm³/mol. The van der Waals surface area contributed by atoms with Gasteiger partial charge in [-0.1, -0.05) is 24.3 Å². The van der Waals surface area contributed by atoms with Crippen LogP contribution in [0.25, 0.3) is 0 Å². The van der Waals surface area contributed by atoms with Gasteiger partial charge in [0, 0.05) is 11.6 Å². The minimum atomic E-state index is -1.05. The van der Waals surface area contributed by atoms with Crippen LogP contribution >= 0.6 is 11.6 Å². The van der Waals surface area contributed by atoms with Crippen LogP contribution in [-0.2, 0) is 4.79 Å². The van der Waals surface area contributed by atoms with E-state index in [4.69, 9.17) is 16.7 Å². The number of carbonyl (C=O) groups is 1. The van der Waals surface area contributed by atoms with Crippen molar-refractivity contribution >= 4 is 17.6 Å². The number of nitrogens with one attached hydrogen (secondary N) is 1. The summed E-state index contributed by atoms with van der Waals surface area (Å²) in [6, 6.07) is 0. The number of hydrogen-bond acceptors (Lipinski definition) is 2. The molecule has 62 valence electrons. The minimum absolute atomic E-state index is 0.0285. The first-order valence-corrected chi connectivity index (χ1v) is 3.40. The van der Waals surface area contributed by atoms with Crippen molar-refractivity contribution in [3.05, 3.63) is 23.4 Å². The molecule has 0 heterocycles. The molecule has 4 heteroatoms. The Morgan fingerprint density at radius 3 is 2.73 bits per heavy atom. The SMILES string of the molecule is C=C(NC/C=C(\C)Cl)C(=O)O. The second-order valence-electron chi connectivity index (χ2n) is 1.96. The highest BCUT2D eigenvalue weighted by atomic mass is 35.5. The highest BCUT2D eigenvalue weighted by Crippen LogP contribution is 1.95. The van der Waals surface area contributed by atoms with E-state index in [0.29, 0.717) is 11.6 Å². The van der Waals surface area contributed by atoms with Crippen molar-refractivity contribution in [1.29, 1.82) is 0 Å². The largest absolute Gasteiger partial charge is 0.477 e. The van der Waals surface area contributed by atoms with Gasteiger partial charge in [-0.25, -0.2) is 4.79 Å². The van der Waals surface area contributed by atoms with Gasteiger partial charge in [0.25, 0.3) is 0 Å². The Balaban J connectivity index is 3.64. The molecule has 0 rings (SSSR count). The van der Waals surface area contributed by atoms with Gasteiger partial charge in [0.1, 0.15) is 5.70 Å². The molecule has 0 saturated heterocycles. The lowest BCUT2D eigenvalue weighted by Crippen LogP contribution is -2.18. The van der Waals surface area contributed by atoms with Gasteiger partial charge in [-0.3, -0.25) is 0 Å². The van der Waals surface area contributed by atoms with Crippen molar-refractivity contribution in [2.45, 2.75) is 6.92 Å². The fraction of sp³-hybridized carbons (Fsp3) is 0.286. The van der Waals surface area contributed by atoms with Gasteiger partial charge in [-0.15, -0.1) is 0 Å². The summed E-state index contributed by atoms with van der Waals surface area (Å²) >= 11 is 5.48. The summed E-state index contributed by atoms with van der Waals surface area (Å²) in [6.45, 7) is 5.37. The summed E-state index contributed by atoms with van der Waals surface area (Å²) in [4.78, 5) is 10.2. The Bertz CT molecular complexity index is 195. The Kier molecular flexibility index (Phi) is 4.38. The van der Waals surface area contributed by atoms with E-state index >= 15 is 0 Å². The Morgan fingerprint density at radius 2 is 2.36 bits per heavy atom. The molecule has 0 fully saturated rings.